The fourth-order valence-electron chi connectivity index (χ4n) is 1.07. The average Bonchev–Trinajstić information content (AvgIpc) is 2.20. The third-order valence-electron chi connectivity index (χ3n) is 1.87. The Kier molecular flexibility index (Phi) is 3.60. The topological polar surface area (TPSA) is 55.1 Å². The van der Waals surface area contributed by atoms with Crippen LogP contribution in [0.1, 0.15) is 23.7 Å². The maximum atomic E-state index is 13.2. The molecule has 15 heavy (non-hydrogen) atoms. The van der Waals surface area contributed by atoms with Crippen LogP contribution in [-0.2, 0) is 0 Å². The highest BCUT2D eigenvalue weighted by Gasteiger charge is 2.14. The molecule has 0 spiro atoms. The summed E-state index contributed by atoms with van der Waals surface area (Å²) >= 11 is 0. The van der Waals surface area contributed by atoms with E-state index in [4.69, 9.17) is 5.73 Å². The normalized spacial score (nSPS) is 10.1. The molecule has 0 fully saturated rings. The lowest BCUT2D eigenvalue weighted by Gasteiger charge is -2.06. The molecule has 3 N–H and O–H groups in total. The fraction of sp³-hybridized carbons (Fsp3) is 0.300. The SMILES string of the molecule is CCCNC(=O)c1cc(N)c(F)cc1F. The first-order valence-corrected chi connectivity index (χ1v) is 4.59. The van der Waals surface area contributed by atoms with Crippen molar-refractivity contribution in [3.63, 3.8) is 0 Å². The number of amides is 1. The first-order valence-electron chi connectivity index (χ1n) is 4.59. The van der Waals surface area contributed by atoms with Crippen LogP contribution in [0.2, 0.25) is 0 Å². The molecule has 1 rings (SSSR count). The molecule has 0 aromatic heterocycles. The first-order chi connectivity index (χ1) is 7.06. The molecular weight excluding hydrogens is 202 g/mol. The van der Waals surface area contributed by atoms with Crippen LogP contribution in [0.15, 0.2) is 12.1 Å². The molecule has 0 aliphatic rings. The summed E-state index contributed by atoms with van der Waals surface area (Å²) in [7, 11) is 0. The van der Waals surface area contributed by atoms with Gasteiger partial charge in [0.05, 0.1) is 11.3 Å². The van der Waals surface area contributed by atoms with Crippen molar-refractivity contribution in [2.45, 2.75) is 13.3 Å². The number of nitrogen functional groups attached to an aromatic ring is 1. The van der Waals surface area contributed by atoms with Crippen molar-refractivity contribution in [1.82, 2.24) is 5.32 Å². The predicted octanol–water partition coefficient (Wildman–Crippen LogP) is 1.69. The number of hydrogen-bond acceptors (Lipinski definition) is 2. The van der Waals surface area contributed by atoms with E-state index in [-0.39, 0.29) is 11.3 Å². The van der Waals surface area contributed by atoms with E-state index in [0.717, 1.165) is 12.5 Å². The zero-order valence-corrected chi connectivity index (χ0v) is 8.31. The lowest BCUT2D eigenvalue weighted by molar-refractivity contribution is 0.0949. The Bertz CT molecular complexity index is 380. The molecule has 3 nitrogen and oxygen atoms in total. The Balaban J connectivity index is 2.94. The van der Waals surface area contributed by atoms with Gasteiger partial charge in [-0.15, -0.1) is 0 Å². The second-order valence-electron chi connectivity index (χ2n) is 3.11. The van der Waals surface area contributed by atoms with Crippen LogP contribution in [-0.4, -0.2) is 12.5 Å². The van der Waals surface area contributed by atoms with Crippen LogP contribution in [0.3, 0.4) is 0 Å². The minimum atomic E-state index is -0.907. The van der Waals surface area contributed by atoms with Crippen LogP contribution >= 0.6 is 0 Å². The molecule has 82 valence electrons. The van der Waals surface area contributed by atoms with Crippen molar-refractivity contribution < 1.29 is 13.6 Å². The molecule has 0 heterocycles. The van der Waals surface area contributed by atoms with Gasteiger partial charge in [0.15, 0.2) is 0 Å². The van der Waals surface area contributed by atoms with E-state index >= 15 is 0 Å². The summed E-state index contributed by atoms with van der Waals surface area (Å²) in [6, 6.07) is 1.60. The van der Waals surface area contributed by atoms with E-state index in [1.165, 1.54) is 0 Å². The monoisotopic (exact) mass is 214 g/mol. The number of rotatable bonds is 3. The number of carbonyl (C=O) groups is 1. The Morgan fingerprint density at radius 1 is 1.40 bits per heavy atom. The van der Waals surface area contributed by atoms with Crippen molar-refractivity contribution >= 4 is 11.6 Å². The van der Waals surface area contributed by atoms with Gasteiger partial charge in [0.2, 0.25) is 0 Å². The highest BCUT2D eigenvalue weighted by atomic mass is 19.1. The lowest BCUT2D eigenvalue weighted by Crippen LogP contribution is -2.25. The molecule has 0 saturated carbocycles. The van der Waals surface area contributed by atoms with Gasteiger partial charge in [-0.25, -0.2) is 8.78 Å². The molecule has 0 radical (unpaired) electrons. The standard InChI is InChI=1S/C10H12F2N2O/c1-2-3-14-10(15)6-4-9(13)8(12)5-7(6)11/h4-5H,2-3,13H2,1H3,(H,14,15). The van der Waals surface area contributed by atoms with Crippen LogP contribution in [0.25, 0.3) is 0 Å². The zero-order valence-electron chi connectivity index (χ0n) is 8.31. The smallest absolute Gasteiger partial charge is 0.254 e. The number of benzene rings is 1. The molecule has 1 aromatic carbocycles. The Morgan fingerprint density at radius 2 is 2.07 bits per heavy atom. The van der Waals surface area contributed by atoms with Crippen LogP contribution < -0.4 is 11.1 Å². The second-order valence-corrected chi connectivity index (χ2v) is 3.11. The van der Waals surface area contributed by atoms with Gasteiger partial charge >= 0.3 is 0 Å². The first kappa shape index (κ1) is 11.4. The highest BCUT2D eigenvalue weighted by molar-refractivity contribution is 5.95. The van der Waals surface area contributed by atoms with Gasteiger partial charge in [-0.05, 0) is 12.5 Å². The summed E-state index contributed by atoms with van der Waals surface area (Å²) in [4.78, 5) is 11.4. The molecule has 0 bridgehead atoms. The Morgan fingerprint density at radius 3 is 2.67 bits per heavy atom. The van der Waals surface area contributed by atoms with Gasteiger partial charge in [0.1, 0.15) is 11.6 Å². The maximum absolute atomic E-state index is 13.2. The van der Waals surface area contributed by atoms with E-state index in [0.29, 0.717) is 12.6 Å². The van der Waals surface area contributed by atoms with Crippen molar-refractivity contribution in [2.75, 3.05) is 12.3 Å². The van der Waals surface area contributed by atoms with Gasteiger partial charge in [-0.3, -0.25) is 4.79 Å². The average molecular weight is 214 g/mol. The van der Waals surface area contributed by atoms with E-state index in [1.807, 2.05) is 6.92 Å². The van der Waals surface area contributed by atoms with Crippen molar-refractivity contribution in [3.05, 3.63) is 29.3 Å². The molecular formula is C10H12F2N2O. The fourth-order valence-corrected chi connectivity index (χ4v) is 1.07. The third-order valence-corrected chi connectivity index (χ3v) is 1.87. The summed E-state index contributed by atoms with van der Waals surface area (Å²) in [5, 5.41) is 2.48. The third kappa shape index (κ3) is 2.65. The second kappa shape index (κ2) is 4.72. The number of halogens is 2. The van der Waals surface area contributed by atoms with Crippen LogP contribution in [0, 0.1) is 11.6 Å². The van der Waals surface area contributed by atoms with Gasteiger partial charge in [-0.1, -0.05) is 6.92 Å². The van der Waals surface area contributed by atoms with Gasteiger partial charge in [0, 0.05) is 12.6 Å². The van der Waals surface area contributed by atoms with E-state index in [2.05, 4.69) is 5.32 Å². The molecule has 1 aromatic rings. The molecule has 0 aliphatic heterocycles. The van der Waals surface area contributed by atoms with Crippen molar-refractivity contribution in [2.24, 2.45) is 0 Å². The quantitative estimate of drug-likeness (QED) is 0.752. The molecule has 1 amide bonds. The maximum Gasteiger partial charge on any atom is 0.254 e. The van der Waals surface area contributed by atoms with E-state index in [1.54, 1.807) is 0 Å². The van der Waals surface area contributed by atoms with Crippen LogP contribution in [0.5, 0.6) is 0 Å². The molecule has 0 saturated heterocycles. The van der Waals surface area contributed by atoms with Crippen molar-refractivity contribution in [1.29, 1.82) is 0 Å². The van der Waals surface area contributed by atoms with E-state index < -0.39 is 17.5 Å². The number of nitrogens with two attached hydrogens (primary N) is 1. The van der Waals surface area contributed by atoms with Crippen molar-refractivity contribution in [3.8, 4) is 0 Å². The summed E-state index contributed by atoms with van der Waals surface area (Å²) in [5.74, 6) is -2.35. The Hall–Kier alpha value is -1.65. The number of nitrogens with one attached hydrogen (secondary N) is 1. The molecule has 0 atom stereocenters. The number of carbonyl (C=O) groups excluding carboxylic acids is 1. The number of hydrogen-bond donors (Lipinski definition) is 2. The predicted molar refractivity (Wildman–Crippen MR) is 53.4 cm³/mol. The summed E-state index contributed by atoms with van der Waals surface area (Å²) in [6.07, 6.45) is 0.740. The minimum Gasteiger partial charge on any atom is -0.396 e. The zero-order chi connectivity index (χ0) is 11.4. The molecule has 0 aliphatic carbocycles. The lowest BCUT2D eigenvalue weighted by atomic mass is 10.1. The summed E-state index contributed by atoms with van der Waals surface area (Å²) < 4.78 is 25.9. The highest BCUT2D eigenvalue weighted by Crippen LogP contribution is 2.16. The van der Waals surface area contributed by atoms with Gasteiger partial charge < -0.3 is 11.1 Å². The number of anilines is 1. The largest absolute Gasteiger partial charge is 0.396 e. The van der Waals surface area contributed by atoms with E-state index in [9.17, 15) is 13.6 Å². The molecule has 5 heteroatoms. The Labute approximate surface area is 86.3 Å². The van der Waals surface area contributed by atoms with Crippen LogP contribution in [0.4, 0.5) is 14.5 Å². The molecule has 0 unspecified atom stereocenters. The van der Waals surface area contributed by atoms with Gasteiger partial charge in [0.25, 0.3) is 5.91 Å². The summed E-state index contributed by atoms with van der Waals surface area (Å²) in [5.41, 5.74) is 4.76. The van der Waals surface area contributed by atoms with Gasteiger partial charge in [-0.2, -0.15) is 0 Å². The summed E-state index contributed by atoms with van der Waals surface area (Å²) in [6.45, 7) is 2.31. The minimum absolute atomic E-state index is 0.234.